The first-order valence-electron chi connectivity index (χ1n) is 8.40. The van der Waals surface area contributed by atoms with Gasteiger partial charge in [-0.1, -0.05) is 54.4 Å². The van der Waals surface area contributed by atoms with E-state index >= 15 is 0 Å². The van der Waals surface area contributed by atoms with E-state index in [-0.39, 0.29) is 6.29 Å². The molecule has 0 radical (unpaired) electrons. The van der Waals surface area contributed by atoms with Crippen LogP contribution in [0, 0.1) is 0 Å². The first-order valence-corrected chi connectivity index (χ1v) is 9.16. The molecule has 138 valence electrons. The summed E-state index contributed by atoms with van der Waals surface area (Å²) in [5, 5.41) is 1.22. The van der Waals surface area contributed by atoms with Crippen LogP contribution in [0.5, 0.6) is 0 Å². The van der Waals surface area contributed by atoms with Gasteiger partial charge in [0.25, 0.3) is 0 Å². The van der Waals surface area contributed by atoms with E-state index in [1.54, 1.807) is 12.1 Å². The Kier molecular flexibility index (Phi) is 8.95. The third-order valence-electron chi connectivity index (χ3n) is 3.70. The fourth-order valence-corrected chi connectivity index (χ4v) is 2.76. The lowest BCUT2D eigenvalue weighted by atomic mass is 10.0. The Labute approximate surface area is 162 Å². The summed E-state index contributed by atoms with van der Waals surface area (Å²) in [7, 11) is 0. The van der Waals surface area contributed by atoms with Crippen molar-refractivity contribution in [2.75, 3.05) is 6.61 Å². The van der Waals surface area contributed by atoms with Crippen LogP contribution >= 0.6 is 23.2 Å². The number of ether oxygens (including phenoxy) is 2. The monoisotopic (exact) mass is 382 g/mol. The van der Waals surface area contributed by atoms with Gasteiger partial charge in [0.15, 0.2) is 6.29 Å². The number of benzene rings is 1. The molecule has 1 aromatic rings. The molecule has 2 nitrogen and oxygen atoms in total. The zero-order valence-corrected chi connectivity index (χ0v) is 17.1. The lowest BCUT2D eigenvalue weighted by molar-refractivity contribution is -0.170. The minimum Gasteiger partial charge on any atom is -0.349 e. The Bertz CT molecular complexity index is 613. The largest absolute Gasteiger partial charge is 0.349 e. The van der Waals surface area contributed by atoms with Crippen molar-refractivity contribution in [3.8, 4) is 0 Å². The van der Waals surface area contributed by atoms with E-state index in [2.05, 4.69) is 20.1 Å². The highest BCUT2D eigenvalue weighted by molar-refractivity contribution is 6.34. The maximum atomic E-state index is 6.09. The second kappa shape index (κ2) is 10.2. The molecule has 0 saturated carbocycles. The molecule has 0 N–H and O–H groups in total. The van der Waals surface area contributed by atoms with E-state index in [9.17, 15) is 0 Å². The molecule has 1 atom stereocenters. The highest BCUT2D eigenvalue weighted by Gasteiger charge is 2.18. The molecule has 0 bridgehead atoms. The van der Waals surface area contributed by atoms with Crippen LogP contribution in [0.1, 0.15) is 46.1 Å². The maximum absolute atomic E-state index is 6.09. The van der Waals surface area contributed by atoms with E-state index in [0.717, 1.165) is 29.6 Å². The molecule has 4 heteroatoms. The second-order valence-corrected chi connectivity index (χ2v) is 7.46. The number of rotatable bonds is 10. The van der Waals surface area contributed by atoms with Crippen LogP contribution in [0.2, 0.25) is 10.0 Å². The maximum Gasteiger partial charge on any atom is 0.156 e. The third-order valence-corrected chi connectivity index (χ3v) is 4.13. The summed E-state index contributed by atoms with van der Waals surface area (Å²) >= 11 is 12.2. The van der Waals surface area contributed by atoms with Gasteiger partial charge < -0.3 is 9.47 Å². The van der Waals surface area contributed by atoms with Gasteiger partial charge in [-0.3, -0.25) is 0 Å². The molecule has 0 heterocycles. The van der Waals surface area contributed by atoms with Crippen LogP contribution < -0.4 is 0 Å². The van der Waals surface area contributed by atoms with Gasteiger partial charge in [0.05, 0.1) is 12.2 Å². The van der Waals surface area contributed by atoms with Crippen LogP contribution in [0.3, 0.4) is 0 Å². The van der Waals surface area contributed by atoms with Gasteiger partial charge in [-0.2, -0.15) is 0 Å². The number of halogens is 2. The van der Waals surface area contributed by atoms with Crippen molar-refractivity contribution in [2.24, 2.45) is 0 Å². The van der Waals surface area contributed by atoms with Crippen molar-refractivity contribution in [1.82, 2.24) is 0 Å². The smallest absolute Gasteiger partial charge is 0.156 e. The molecule has 25 heavy (non-hydrogen) atoms. The van der Waals surface area contributed by atoms with Gasteiger partial charge in [0.1, 0.15) is 0 Å². The summed E-state index contributed by atoms with van der Waals surface area (Å²) in [5.41, 5.74) is 2.75. The molecule has 0 spiro atoms. The fourth-order valence-electron chi connectivity index (χ4n) is 2.22. The molecule has 0 aliphatic rings. The Morgan fingerprint density at radius 1 is 1.24 bits per heavy atom. The first kappa shape index (κ1) is 22.0. The van der Waals surface area contributed by atoms with Crippen LogP contribution in [-0.2, 0) is 9.47 Å². The van der Waals surface area contributed by atoms with Gasteiger partial charge in [0, 0.05) is 10.0 Å². The topological polar surface area (TPSA) is 18.5 Å². The highest BCUT2D eigenvalue weighted by Crippen LogP contribution is 2.23. The summed E-state index contributed by atoms with van der Waals surface area (Å²) < 4.78 is 11.7. The zero-order chi connectivity index (χ0) is 19.0. The molecule has 0 fully saturated rings. The molecule has 1 unspecified atom stereocenters. The molecular weight excluding hydrogens is 355 g/mol. The number of allylic oxidation sites excluding steroid dienone is 1. The van der Waals surface area contributed by atoms with E-state index in [1.807, 2.05) is 39.0 Å². The lowest BCUT2D eigenvalue weighted by Gasteiger charge is -2.26. The molecule has 0 aromatic heterocycles. The second-order valence-electron chi connectivity index (χ2n) is 6.59. The molecule has 1 rings (SSSR count). The minimum atomic E-state index is -0.434. The standard InChI is InChI=1S/C21H28Cl2O2/c1-7-15(3)9-18(10-17-11-19(22)13-20(23)12-17)14-24-16(4)25-21(5,6)8-2/h8,10-13,16H,2-3,7,9,14H2,1,4-6H3/b18-10+. The minimum absolute atomic E-state index is 0.353. The summed E-state index contributed by atoms with van der Waals surface area (Å²) in [4.78, 5) is 0. The molecule has 1 aromatic carbocycles. The van der Waals surface area contributed by atoms with Crippen molar-refractivity contribution < 1.29 is 9.47 Å². The Balaban J connectivity index is 2.88. The summed E-state index contributed by atoms with van der Waals surface area (Å²) in [6.07, 6.45) is 5.14. The van der Waals surface area contributed by atoms with Crippen LogP contribution in [-0.4, -0.2) is 18.5 Å². The van der Waals surface area contributed by atoms with Crippen molar-refractivity contribution in [3.05, 3.63) is 64.2 Å². The first-order chi connectivity index (χ1) is 11.6. The van der Waals surface area contributed by atoms with Gasteiger partial charge in [-0.15, -0.1) is 6.58 Å². The highest BCUT2D eigenvalue weighted by atomic mass is 35.5. The van der Waals surface area contributed by atoms with Crippen LogP contribution in [0.4, 0.5) is 0 Å². The Morgan fingerprint density at radius 3 is 2.36 bits per heavy atom. The van der Waals surface area contributed by atoms with E-state index < -0.39 is 5.60 Å². The van der Waals surface area contributed by atoms with Crippen molar-refractivity contribution in [1.29, 1.82) is 0 Å². The lowest BCUT2D eigenvalue weighted by Crippen LogP contribution is -2.28. The average molecular weight is 383 g/mol. The number of hydrogen-bond acceptors (Lipinski definition) is 2. The van der Waals surface area contributed by atoms with Crippen molar-refractivity contribution in [2.45, 2.75) is 52.4 Å². The summed E-state index contributed by atoms with van der Waals surface area (Å²) in [6.45, 7) is 16.2. The predicted molar refractivity (Wildman–Crippen MR) is 109 cm³/mol. The fraction of sp³-hybridized carbons (Fsp3) is 0.429. The normalized spacial score (nSPS) is 13.6. The molecule has 0 saturated heterocycles. The van der Waals surface area contributed by atoms with Gasteiger partial charge in [0.2, 0.25) is 0 Å². The molecule has 0 amide bonds. The van der Waals surface area contributed by atoms with Gasteiger partial charge in [-0.25, -0.2) is 0 Å². The Hall–Kier alpha value is -1.06. The predicted octanol–water partition coefficient (Wildman–Crippen LogP) is 7.08. The van der Waals surface area contributed by atoms with Gasteiger partial charge in [-0.05, 0) is 62.9 Å². The van der Waals surface area contributed by atoms with Crippen LogP contribution in [0.15, 0.2) is 48.6 Å². The third kappa shape index (κ3) is 8.73. The molecular formula is C21H28Cl2O2. The quantitative estimate of drug-likeness (QED) is 0.318. The van der Waals surface area contributed by atoms with Crippen molar-refractivity contribution in [3.63, 3.8) is 0 Å². The molecule has 0 aliphatic heterocycles. The average Bonchev–Trinajstić information content (AvgIpc) is 2.51. The zero-order valence-electron chi connectivity index (χ0n) is 15.6. The van der Waals surface area contributed by atoms with Crippen molar-refractivity contribution >= 4 is 29.3 Å². The molecule has 0 aliphatic carbocycles. The Morgan fingerprint density at radius 2 is 1.84 bits per heavy atom. The van der Waals surface area contributed by atoms with E-state index in [4.69, 9.17) is 32.7 Å². The SMILES string of the molecule is C=CC(C)(C)OC(C)OC/C(=C/c1cc(Cl)cc(Cl)c1)CC(=C)CC. The van der Waals surface area contributed by atoms with E-state index in [0.29, 0.717) is 16.7 Å². The number of hydrogen-bond donors (Lipinski definition) is 0. The van der Waals surface area contributed by atoms with E-state index in [1.165, 1.54) is 0 Å². The van der Waals surface area contributed by atoms with Crippen LogP contribution in [0.25, 0.3) is 6.08 Å². The van der Waals surface area contributed by atoms with Gasteiger partial charge >= 0.3 is 0 Å². The summed E-state index contributed by atoms with van der Waals surface area (Å²) in [5.74, 6) is 0. The summed E-state index contributed by atoms with van der Waals surface area (Å²) in [6, 6.07) is 5.47.